The number of amides is 1. The Bertz CT molecular complexity index is 458. The number of hydrogen-bond acceptors (Lipinski definition) is 2. The number of carbonyl (C=O) groups excluding carboxylic acids is 1. The Kier molecular flexibility index (Phi) is 4.01. The Morgan fingerprint density at radius 3 is 2.61 bits per heavy atom. The van der Waals surface area contributed by atoms with Crippen molar-refractivity contribution in [2.24, 2.45) is 5.92 Å². The second kappa shape index (κ2) is 5.52. The molecule has 96 valence electrons. The van der Waals surface area contributed by atoms with Gasteiger partial charge in [-0.15, -0.1) is 0 Å². The molecule has 1 fully saturated rings. The van der Waals surface area contributed by atoms with Crippen LogP contribution in [0.4, 0.5) is 5.69 Å². The number of halogens is 1. The van der Waals surface area contributed by atoms with Crippen LogP contribution in [0.15, 0.2) is 28.7 Å². The molecule has 0 radical (unpaired) electrons. The summed E-state index contributed by atoms with van der Waals surface area (Å²) in [6, 6.07) is 7.57. The first-order chi connectivity index (χ1) is 8.56. The fourth-order valence-corrected chi connectivity index (χ4v) is 2.48. The van der Waals surface area contributed by atoms with Crippen LogP contribution >= 0.6 is 15.9 Å². The third kappa shape index (κ3) is 3.10. The number of rotatable bonds is 3. The van der Waals surface area contributed by atoms with Gasteiger partial charge in [-0.05, 0) is 36.6 Å². The molecule has 1 atom stereocenters. The van der Waals surface area contributed by atoms with Gasteiger partial charge in [-0.3, -0.25) is 9.59 Å². The molecule has 1 aliphatic heterocycles. The van der Waals surface area contributed by atoms with E-state index in [2.05, 4.69) is 15.9 Å². The average Bonchev–Trinajstić information content (AvgIpc) is 2.30. The molecule has 18 heavy (non-hydrogen) atoms. The minimum atomic E-state index is -0.829. The summed E-state index contributed by atoms with van der Waals surface area (Å²) in [7, 11) is 0. The van der Waals surface area contributed by atoms with Crippen molar-refractivity contribution in [2.45, 2.75) is 19.3 Å². The number of anilines is 1. The number of benzene rings is 1. The largest absolute Gasteiger partial charge is 0.481 e. The van der Waals surface area contributed by atoms with Crippen molar-refractivity contribution >= 4 is 33.5 Å². The van der Waals surface area contributed by atoms with Crippen LogP contribution in [-0.2, 0) is 9.59 Å². The van der Waals surface area contributed by atoms with Crippen molar-refractivity contribution in [3.63, 3.8) is 0 Å². The summed E-state index contributed by atoms with van der Waals surface area (Å²) in [4.78, 5) is 24.4. The van der Waals surface area contributed by atoms with Crippen LogP contribution in [0.2, 0.25) is 0 Å². The summed E-state index contributed by atoms with van der Waals surface area (Å²) >= 11 is 3.35. The van der Waals surface area contributed by atoms with Crippen molar-refractivity contribution in [3.8, 4) is 0 Å². The van der Waals surface area contributed by atoms with Crippen LogP contribution in [0.5, 0.6) is 0 Å². The highest BCUT2D eigenvalue weighted by molar-refractivity contribution is 9.10. The maximum atomic E-state index is 12.0. The lowest BCUT2D eigenvalue weighted by Crippen LogP contribution is -2.39. The molecule has 4 nitrogen and oxygen atoms in total. The fraction of sp³-hybridized carbons (Fsp3) is 0.385. The van der Waals surface area contributed by atoms with Gasteiger partial charge in [-0.1, -0.05) is 15.9 Å². The summed E-state index contributed by atoms with van der Waals surface area (Å²) in [6.45, 7) is 0.596. The number of aliphatic carboxylic acids is 1. The quantitative estimate of drug-likeness (QED) is 0.933. The van der Waals surface area contributed by atoms with Gasteiger partial charge >= 0.3 is 5.97 Å². The number of hydrogen-bond donors (Lipinski definition) is 1. The van der Waals surface area contributed by atoms with Crippen molar-refractivity contribution in [1.29, 1.82) is 0 Å². The molecule has 0 aromatic heterocycles. The summed E-state index contributed by atoms with van der Waals surface area (Å²) in [5.74, 6) is -0.846. The van der Waals surface area contributed by atoms with E-state index in [1.165, 1.54) is 0 Å². The van der Waals surface area contributed by atoms with Crippen molar-refractivity contribution in [1.82, 2.24) is 0 Å². The van der Waals surface area contributed by atoms with Gasteiger partial charge in [0.1, 0.15) is 0 Å². The maximum Gasteiger partial charge on any atom is 0.303 e. The normalized spacial score (nSPS) is 19.9. The van der Waals surface area contributed by atoms with E-state index in [0.29, 0.717) is 13.0 Å². The summed E-state index contributed by atoms with van der Waals surface area (Å²) in [6.07, 6.45) is 1.15. The van der Waals surface area contributed by atoms with Crippen LogP contribution in [0.1, 0.15) is 19.3 Å². The van der Waals surface area contributed by atoms with Crippen LogP contribution < -0.4 is 4.90 Å². The maximum absolute atomic E-state index is 12.0. The summed E-state index contributed by atoms with van der Waals surface area (Å²) in [5.41, 5.74) is 0.872. The molecule has 1 heterocycles. The van der Waals surface area contributed by atoms with E-state index in [0.717, 1.165) is 16.6 Å². The lowest BCUT2D eigenvalue weighted by molar-refractivity contribution is -0.138. The molecule has 0 saturated carbocycles. The molecule has 1 aromatic carbocycles. The number of piperidine rings is 1. The van der Waals surface area contributed by atoms with Gasteiger partial charge in [0.05, 0.1) is 0 Å². The van der Waals surface area contributed by atoms with Crippen LogP contribution in [0.25, 0.3) is 0 Å². The number of nitrogens with zero attached hydrogens (tertiary/aromatic N) is 1. The smallest absolute Gasteiger partial charge is 0.303 e. The second-order valence-electron chi connectivity index (χ2n) is 4.48. The minimum absolute atomic E-state index is 0.00909. The first-order valence-corrected chi connectivity index (χ1v) is 6.63. The molecular weight excluding hydrogens is 298 g/mol. The third-order valence-corrected chi connectivity index (χ3v) is 3.66. The highest BCUT2D eigenvalue weighted by atomic mass is 79.9. The van der Waals surface area contributed by atoms with Gasteiger partial charge in [0.15, 0.2) is 0 Å². The fourth-order valence-electron chi connectivity index (χ4n) is 2.21. The lowest BCUT2D eigenvalue weighted by Gasteiger charge is -2.31. The molecule has 1 saturated heterocycles. The molecule has 0 spiro atoms. The Morgan fingerprint density at radius 2 is 2.06 bits per heavy atom. The van der Waals surface area contributed by atoms with Crippen molar-refractivity contribution < 1.29 is 14.7 Å². The Balaban J connectivity index is 2.03. The monoisotopic (exact) mass is 311 g/mol. The number of carbonyl (C=O) groups is 2. The van der Waals surface area contributed by atoms with Gasteiger partial charge in [-0.25, -0.2) is 0 Å². The first kappa shape index (κ1) is 13.1. The van der Waals surface area contributed by atoms with Crippen molar-refractivity contribution in [2.75, 3.05) is 11.4 Å². The van der Waals surface area contributed by atoms with Gasteiger partial charge in [0, 0.05) is 29.5 Å². The highest BCUT2D eigenvalue weighted by Gasteiger charge is 2.27. The van der Waals surface area contributed by atoms with E-state index in [1.807, 2.05) is 24.3 Å². The molecular formula is C13H14BrNO3. The zero-order valence-electron chi connectivity index (χ0n) is 9.80. The number of carboxylic acid groups (broad SMARTS) is 1. The molecule has 1 aromatic rings. The van der Waals surface area contributed by atoms with Crippen LogP contribution in [-0.4, -0.2) is 23.5 Å². The molecule has 1 unspecified atom stereocenters. The first-order valence-electron chi connectivity index (χ1n) is 5.84. The predicted molar refractivity (Wildman–Crippen MR) is 71.5 cm³/mol. The predicted octanol–water partition coefficient (Wildman–Crippen LogP) is 2.67. The standard InChI is InChI=1S/C13H14BrNO3/c14-10-1-3-11(4-2-10)15-6-5-9(7-12(15)16)8-13(17)18/h1-4,9H,5-8H2,(H,17,18). The van der Waals surface area contributed by atoms with E-state index >= 15 is 0 Å². The molecule has 1 amide bonds. The third-order valence-electron chi connectivity index (χ3n) is 3.13. The Labute approximate surface area is 114 Å². The topological polar surface area (TPSA) is 57.6 Å². The average molecular weight is 312 g/mol. The molecule has 5 heteroatoms. The van der Waals surface area contributed by atoms with E-state index in [9.17, 15) is 9.59 Å². The van der Waals surface area contributed by atoms with Gasteiger partial charge in [-0.2, -0.15) is 0 Å². The number of carboxylic acids is 1. The molecule has 2 rings (SSSR count). The van der Waals surface area contributed by atoms with E-state index in [4.69, 9.17) is 5.11 Å². The highest BCUT2D eigenvalue weighted by Crippen LogP contribution is 2.27. The second-order valence-corrected chi connectivity index (χ2v) is 5.39. The summed E-state index contributed by atoms with van der Waals surface area (Å²) < 4.78 is 0.972. The molecule has 1 N–H and O–H groups in total. The minimum Gasteiger partial charge on any atom is -0.481 e. The Morgan fingerprint density at radius 1 is 1.39 bits per heavy atom. The Hall–Kier alpha value is -1.36. The molecule has 0 bridgehead atoms. The van der Waals surface area contributed by atoms with Gasteiger partial charge < -0.3 is 10.0 Å². The SMILES string of the molecule is O=C(O)CC1CCN(c2ccc(Br)cc2)C(=O)C1. The lowest BCUT2D eigenvalue weighted by atomic mass is 9.93. The van der Waals surface area contributed by atoms with E-state index < -0.39 is 5.97 Å². The van der Waals surface area contributed by atoms with Crippen molar-refractivity contribution in [3.05, 3.63) is 28.7 Å². The van der Waals surface area contributed by atoms with Gasteiger partial charge in [0.2, 0.25) is 5.91 Å². The zero-order chi connectivity index (χ0) is 13.1. The summed E-state index contributed by atoms with van der Waals surface area (Å²) in [5, 5.41) is 8.74. The van der Waals surface area contributed by atoms with E-state index in [-0.39, 0.29) is 18.2 Å². The van der Waals surface area contributed by atoms with E-state index in [1.54, 1.807) is 4.90 Å². The van der Waals surface area contributed by atoms with Crippen LogP contribution in [0.3, 0.4) is 0 Å². The van der Waals surface area contributed by atoms with Gasteiger partial charge in [0.25, 0.3) is 0 Å². The van der Waals surface area contributed by atoms with Crippen LogP contribution in [0, 0.1) is 5.92 Å². The molecule has 1 aliphatic rings. The zero-order valence-corrected chi connectivity index (χ0v) is 11.4. The molecule has 0 aliphatic carbocycles.